The highest BCUT2D eigenvalue weighted by atomic mass is 32.2. The number of aromatic nitrogens is 3. The number of hydrogen-bond acceptors (Lipinski definition) is 7. The maximum absolute atomic E-state index is 12.7. The summed E-state index contributed by atoms with van der Waals surface area (Å²) in [7, 11) is -0.894. The van der Waals surface area contributed by atoms with E-state index in [2.05, 4.69) is 19.7 Å². The van der Waals surface area contributed by atoms with Gasteiger partial charge in [-0.1, -0.05) is 6.92 Å². The Bertz CT molecular complexity index is 957. The fraction of sp³-hybridized carbons (Fsp3) is 0.524. The van der Waals surface area contributed by atoms with E-state index >= 15 is 0 Å². The number of amides is 1. The quantitative estimate of drug-likeness (QED) is 0.509. The number of anilines is 1. The maximum Gasteiger partial charge on any atom is 0.422 e. The van der Waals surface area contributed by atoms with Crippen LogP contribution in [0.25, 0.3) is 0 Å². The highest BCUT2D eigenvalue weighted by Crippen LogP contribution is 2.25. The van der Waals surface area contributed by atoms with Gasteiger partial charge in [0.25, 0.3) is 5.91 Å². The molecule has 1 amide bonds. The Morgan fingerprint density at radius 1 is 1.21 bits per heavy atom. The molecule has 0 aromatic carbocycles. The molecule has 0 radical (unpaired) electrons. The van der Waals surface area contributed by atoms with Gasteiger partial charge in [-0.05, 0) is 18.9 Å². The molecule has 1 saturated heterocycles. The van der Waals surface area contributed by atoms with Gasteiger partial charge in [-0.15, -0.1) is 0 Å². The average molecular weight is 487 g/mol. The molecule has 1 aliphatic rings. The molecule has 8 nitrogen and oxygen atoms in total. The van der Waals surface area contributed by atoms with Gasteiger partial charge < -0.3 is 14.4 Å². The molecule has 2 aromatic rings. The second-order valence-corrected chi connectivity index (χ2v) is 9.21. The molecule has 0 aliphatic carbocycles. The van der Waals surface area contributed by atoms with E-state index in [1.807, 2.05) is 6.92 Å². The van der Waals surface area contributed by atoms with Gasteiger partial charge in [0, 0.05) is 47.8 Å². The summed E-state index contributed by atoms with van der Waals surface area (Å²) in [4.78, 5) is 26.7. The van der Waals surface area contributed by atoms with Crippen LogP contribution in [0.15, 0.2) is 30.7 Å². The molecule has 0 saturated carbocycles. The minimum atomic E-state index is -4.45. The van der Waals surface area contributed by atoms with Crippen LogP contribution in [-0.4, -0.2) is 62.0 Å². The van der Waals surface area contributed by atoms with Crippen LogP contribution in [0.3, 0.4) is 0 Å². The summed E-state index contributed by atoms with van der Waals surface area (Å²) in [6.45, 7) is 0.979. The van der Waals surface area contributed by atoms with Crippen LogP contribution in [0, 0.1) is 0 Å². The molecule has 3 heterocycles. The van der Waals surface area contributed by atoms with Gasteiger partial charge in [0.2, 0.25) is 5.88 Å². The number of rotatable bonds is 10. The minimum absolute atomic E-state index is 0.103. The third kappa shape index (κ3) is 7.11. The molecule has 12 heteroatoms. The highest BCUT2D eigenvalue weighted by Gasteiger charge is 2.35. The Kier molecular flexibility index (Phi) is 8.22. The topological polar surface area (TPSA) is 94.5 Å². The van der Waals surface area contributed by atoms with Gasteiger partial charge in [-0.2, -0.15) is 13.2 Å². The van der Waals surface area contributed by atoms with Gasteiger partial charge in [-0.3, -0.25) is 9.00 Å². The van der Waals surface area contributed by atoms with Gasteiger partial charge in [0.15, 0.2) is 12.7 Å². The minimum Gasteiger partial charge on any atom is -0.479 e. The summed E-state index contributed by atoms with van der Waals surface area (Å²) < 4.78 is 58.5. The van der Waals surface area contributed by atoms with Crippen molar-refractivity contribution in [2.24, 2.45) is 0 Å². The third-order valence-corrected chi connectivity index (χ3v) is 6.65. The fourth-order valence-electron chi connectivity index (χ4n) is 3.37. The van der Waals surface area contributed by atoms with Crippen molar-refractivity contribution in [3.63, 3.8) is 0 Å². The Labute approximate surface area is 192 Å². The van der Waals surface area contributed by atoms with Crippen molar-refractivity contribution in [3.05, 3.63) is 36.5 Å². The van der Waals surface area contributed by atoms with Crippen LogP contribution in [-0.2, 0) is 22.0 Å². The van der Waals surface area contributed by atoms with Crippen molar-refractivity contribution in [1.29, 1.82) is 0 Å². The summed E-state index contributed by atoms with van der Waals surface area (Å²) in [5, 5.41) is 0.103. The standard InChI is InChI=1S/C21H25F3N4O4S/c1-3-16(33(2)30)5-6-18-25-10-14(11-26-18)28-9-8-17(20(28)29)32-15-4-7-19(27-12-15)31-13-21(22,23)24/h4,7,10-12,16-17H,3,5-6,8-9,13H2,1-2H3/t16?,17-,33?/m1/s1. The number of nitrogens with zero attached hydrogens (tertiary/aromatic N) is 4. The lowest BCUT2D eigenvalue weighted by Crippen LogP contribution is -2.32. The third-order valence-electron chi connectivity index (χ3n) is 5.15. The molecular formula is C21H25F3N4O4S. The number of alkyl halides is 3. The number of halogens is 3. The van der Waals surface area contributed by atoms with Gasteiger partial charge in [0.1, 0.15) is 11.6 Å². The normalized spacial score (nSPS) is 18.3. The lowest BCUT2D eigenvalue weighted by Gasteiger charge is -2.17. The second kappa shape index (κ2) is 10.9. The van der Waals surface area contributed by atoms with Crippen molar-refractivity contribution >= 4 is 22.4 Å². The van der Waals surface area contributed by atoms with E-state index in [-0.39, 0.29) is 22.8 Å². The number of hydrogen-bond donors (Lipinski definition) is 0. The second-order valence-electron chi connectivity index (χ2n) is 7.55. The first-order valence-electron chi connectivity index (χ1n) is 10.4. The van der Waals surface area contributed by atoms with Crippen LogP contribution >= 0.6 is 0 Å². The lowest BCUT2D eigenvalue weighted by atomic mass is 10.2. The molecule has 180 valence electrons. The van der Waals surface area contributed by atoms with E-state index in [9.17, 15) is 22.2 Å². The number of pyridine rings is 1. The zero-order chi connectivity index (χ0) is 24.0. The lowest BCUT2D eigenvalue weighted by molar-refractivity contribution is -0.154. The smallest absolute Gasteiger partial charge is 0.422 e. The van der Waals surface area contributed by atoms with E-state index < -0.39 is 29.7 Å². The monoisotopic (exact) mass is 486 g/mol. The van der Waals surface area contributed by atoms with Crippen LogP contribution in [0.1, 0.15) is 32.0 Å². The molecule has 0 bridgehead atoms. The predicted molar refractivity (Wildman–Crippen MR) is 116 cm³/mol. The van der Waals surface area contributed by atoms with E-state index in [1.165, 1.54) is 23.2 Å². The van der Waals surface area contributed by atoms with Crippen LogP contribution < -0.4 is 14.4 Å². The van der Waals surface area contributed by atoms with Crippen LogP contribution in [0.4, 0.5) is 18.9 Å². The predicted octanol–water partition coefficient (Wildman–Crippen LogP) is 3.09. The first kappa shape index (κ1) is 24.9. The molecule has 0 spiro atoms. The molecule has 1 aliphatic heterocycles. The summed E-state index contributed by atoms with van der Waals surface area (Å²) >= 11 is 0. The molecule has 2 unspecified atom stereocenters. The van der Waals surface area contributed by atoms with E-state index in [0.717, 1.165) is 12.8 Å². The average Bonchev–Trinajstić information content (AvgIpc) is 3.13. The SMILES string of the molecule is CCC(CCc1ncc(N2CC[C@@H](Oc3ccc(OCC(F)(F)F)nc3)C2=O)cn1)S(C)=O. The number of carbonyl (C=O) groups is 1. The first-order valence-corrected chi connectivity index (χ1v) is 12.0. The largest absolute Gasteiger partial charge is 0.479 e. The van der Waals surface area contributed by atoms with Gasteiger partial charge >= 0.3 is 6.18 Å². The zero-order valence-electron chi connectivity index (χ0n) is 18.2. The van der Waals surface area contributed by atoms with Crippen molar-refractivity contribution in [3.8, 4) is 11.6 Å². The molecule has 3 atom stereocenters. The number of ether oxygens (including phenoxy) is 2. The van der Waals surface area contributed by atoms with Crippen molar-refractivity contribution in [2.45, 2.75) is 50.1 Å². The summed E-state index contributed by atoms with van der Waals surface area (Å²) in [6, 6.07) is 2.65. The van der Waals surface area contributed by atoms with Crippen molar-refractivity contribution in [2.75, 3.05) is 24.3 Å². The van der Waals surface area contributed by atoms with E-state index in [1.54, 1.807) is 18.6 Å². The Morgan fingerprint density at radius 3 is 2.52 bits per heavy atom. The summed E-state index contributed by atoms with van der Waals surface area (Å²) in [6.07, 6.45) is 3.46. The number of carbonyl (C=O) groups excluding carboxylic acids is 1. The van der Waals surface area contributed by atoms with E-state index in [4.69, 9.17) is 4.74 Å². The number of aryl methyl sites for hydroxylation is 1. The molecule has 2 aromatic heterocycles. The molecule has 0 N–H and O–H groups in total. The van der Waals surface area contributed by atoms with Crippen LogP contribution in [0.5, 0.6) is 11.6 Å². The molecule has 1 fully saturated rings. The van der Waals surface area contributed by atoms with Gasteiger partial charge in [0.05, 0.1) is 24.3 Å². The summed E-state index contributed by atoms with van der Waals surface area (Å²) in [5.41, 5.74) is 0.551. The highest BCUT2D eigenvalue weighted by molar-refractivity contribution is 7.84. The molecular weight excluding hydrogens is 461 g/mol. The Balaban J connectivity index is 1.53. The maximum atomic E-state index is 12.7. The Morgan fingerprint density at radius 2 is 1.94 bits per heavy atom. The van der Waals surface area contributed by atoms with Crippen molar-refractivity contribution < 1.29 is 31.6 Å². The summed E-state index contributed by atoms with van der Waals surface area (Å²) in [5.74, 6) is 0.420. The molecule has 33 heavy (non-hydrogen) atoms. The fourth-order valence-corrected chi connectivity index (χ4v) is 4.29. The van der Waals surface area contributed by atoms with Crippen molar-refractivity contribution in [1.82, 2.24) is 15.0 Å². The first-order chi connectivity index (χ1) is 15.7. The Hall–Kier alpha value is -2.76. The molecule has 3 rings (SSSR count). The van der Waals surface area contributed by atoms with Gasteiger partial charge in [-0.25, -0.2) is 15.0 Å². The zero-order valence-corrected chi connectivity index (χ0v) is 19.1. The van der Waals surface area contributed by atoms with E-state index in [0.29, 0.717) is 30.9 Å². The van der Waals surface area contributed by atoms with Crippen LogP contribution in [0.2, 0.25) is 0 Å².